The van der Waals surface area contributed by atoms with Crippen LogP contribution in [-0.4, -0.2) is 30.9 Å². The maximum Gasteiger partial charge on any atom is 0.164 e. The molecule has 0 spiro atoms. The average Bonchev–Trinajstić information content (AvgIpc) is 3.15. The predicted molar refractivity (Wildman–Crippen MR) is 95.1 cm³/mol. The van der Waals surface area contributed by atoms with E-state index in [1.165, 1.54) is 0 Å². The number of nitrogens with zero attached hydrogens (tertiary/aromatic N) is 4. The van der Waals surface area contributed by atoms with Gasteiger partial charge in [0.15, 0.2) is 5.65 Å². The Balaban J connectivity index is 1.79. The first-order chi connectivity index (χ1) is 12.1. The zero-order valence-electron chi connectivity index (χ0n) is 13.5. The number of aryl methyl sites for hydroxylation is 1. The van der Waals surface area contributed by atoms with Gasteiger partial charge in [-0.05, 0) is 44.0 Å². The molecule has 0 saturated heterocycles. The highest BCUT2D eigenvalue weighted by Gasteiger charge is 2.34. The first-order valence-electron chi connectivity index (χ1n) is 8.23. The summed E-state index contributed by atoms with van der Waals surface area (Å²) in [6.07, 6.45) is 2.00. The second kappa shape index (κ2) is 5.26. The lowest BCUT2D eigenvalue weighted by Crippen LogP contribution is -2.25. The number of imidazole rings is 1. The summed E-state index contributed by atoms with van der Waals surface area (Å²) in [5.41, 5.74) is 4.17. The van der Waals surface area contributed by atoms with Gasteiger partial charge in [-0.25, -0.2) is 14.4 Å². The molecule has 0 aliphatic heterocycles. The van der Waals surface area contributed by atoms with Crippen molar-refractivity contribution in [2.24, 2.45) is 0 Å². The molecule has 1 saturated carbocycles. The Morgan fingerprint density at radius 1 is 1.24 bits per heavy atom. The van der Waals surface area contributed by atoms with Crippen LogP contribution in [-0.2, 0) is 0 Å². The highest BCUT2D eigenvalue weighted by Crippen LogP contribution is 2.40. The molecule has 1 fully saturated rings. The van der Waals surface area contributed by atoms with Crippen molar-refractivity contribution in [3.8, 4) is 5.69 Å². The number of halogens is 2. The molecule has 1 aromatic carbocycles. The summed E-state index contributed by atoms with van der Waals surface area (Å²) in [4.78, 5) is 9.42. The van der Waals surface area contributed by atoms with Crippen molar-refractivity contribution in [3.05, 3.63) is 47.0 Å². The quantitative estimate of drug-likeness (QED) is 0.577. The van der Waals surface area contributed by atoms with Gasteiger partial charge < -0.3 is 0 Å². The molecule has 3 heterocycles. The smallest absolute Gasteiger partial charge is 0.164 e. The van der Waals surface area contributed by atoms with E-state index in [9.17, 15) is 4.39 Å². The van der Waals surface area contributed by atoms with Crippen molar-refractivity contribution in [2.75, 3.05) is 0 Å². The molecule has 0 radical (unpaired) electrons. The number of pyridine rings is 1. The summed E-state index contributed by atoms with van der Waals surface area (Å²) in [6, 6.07) is 7.78. The van der Waals surface area contributed by atoms with Crippen molar-refractivity contribution in [1.82, 2.24) is 24.7 Å². The number of aromatic nitrogens is 5. The van der Waals surface area contributed by atoms with Crippen LogP contribution in [0.25, 0.3) is 27.8 Å². The zero-order chi connectivity index (χ0) is 17.1. The highest BCUT2D eigenvalue weighted by molar-refractivity contribution is 6.35. The van der Waals surface area contributed by atoms with E-state index in [1.807, 2.05) is 35.8 Å². The van der Waals surface area contributed by atoms with E-state index in [0.717, 1.165) is 39.3 Å². The third-order valence-electron chi connectivity index (χ3n) is 4.86. The molecule has 5 nitrogen and oxygen atoms in total. The van der Waals surface area contributed by atoms with Gasteiger partial charge in [-0.1, -0.05) is 11.6 Å². The van der Waals surface area contributed by atoms with Crippen LogP contribution in [0.5, 0.6) is 0 Å². The van der Waals surface area contributed by atoms with E-state index >= 15 is 0 Å². The Bertz CT molecular complexity index is 1110. The summed E-state index contributed by atoms with van der Waals surface area (Å²) in [7, 11) is 0. The van der Waals surface area contributed by atoms with E-state index in [2.05, 4.69) is 15.2 Å². The number of H-pyrrole nitrogens is 1. The van der Waals surface area contributed by atoms with Crippen LogP contribution in [0, 0.1) is 6.92 Å². The number of hydrogen-bond acceptors (Lipinski definition) is 3. The molecule has 0 atom stereocenters. The normalized spacial score (nSPS) is 20.3. The van der Waals surface area contributed by atoms with Gasteiger partial charge in [-0.15, -0.1) is 0 Å². The minimum Gasteiger partial charge on any atom is -0.280 e. The largest absolute Gasteiger partial charge is 0.280 e. The van der Waals surface area contributed by atoms with Gasteiger partial charge in [-0.3, -0.25) is 9.67 Å². The monoisotopic (exact) mass is 355 g/mol. The molecule has 0 unspecified atom stereocenters. The van der Waals surface area contributed by atoms with Gasteiger partial charge in [-0.2, -0.15) is 5.10 Å². The molecule has 7 heteroatoms. The molecule has 1 aliphatic rings. The van der Waals surface area contributed by atoms with E-state index < -0.39 is 6.17 Å². The Morgan fingerprint density at radius 2 is 2.08 bits per heavy atom. The topological polar surface area (TPSA) is 59.4 Å². The third kappa shape index (κ3) is 2.24. The summed E-state index contributed by atoms with van der Waals surface area (Å²) < 4.78 is 15.5. The number of hydrogen-bond donors (Lipinski definition) is 1. The van der Waals surface area contributed by atoms with Crippen molar-refractivity contribution < 1.29 is 4.39 Å². The Labute approximate surface area is 147 Å². The first kappa shape index (κ1) is 14.8. The average molecular weight is 356 g/mol. The molecule has 1 N–H and O–H groups in total. The standard InChI is InChI=1S/C18H15ClFN5/c1-9-2-3-15-18(22-9)25(17(23-15)10-4-12(20)5-10)13-6-11-8-21-24-16(11)14(19)7-13/h2-3,6-8,10,12H,4-5H2,1H3,(H,21,24). The van der Waals surface area contributed by atoms with Gasteiger partial charge >= 0.3 is 0 Å². The van der Waals surface area contributed by atoms with Crippen molar-refractivity contribution in [1.29, 1.82) is 0 Å². The van der Waals surface area contributed by atoms with E-state index in [-0.39, 0.29) is 5.92 Å². The van der Waals surface area contributed by atoms with Crippen molar-refractivity contribution in [2.45, 2.75) is 31.9 Å². The number of aromatic amines is 1. The lowest BCUT2D eigenvalue weighted by Gasteiger charge is -2.29. The summed E-state index contributed by atoms with van der Waals surface area (Å²) in [6.45, 7) is 1.95. The molecule has 5 rings (SSSR count). The lowest BCUT2D eigenvalue weighted by molar-refractivity contribution is 0.173. The summed E-state index contributed by atoms with van der Waals surface area (Å²) in [5.74, 6) is 0.948. The molecular formula is C18H15ClFN5. The minimum absolute atomic E-state index is 0.100. The van der Waals surface area contributed by atoms with Crippen LogP contribution in [0.15, 0.2) is 30.5 Å². The first-order valence-corrected chi connectivity index (χ1v) is 8.61. The number of rotatable bonds is 2. The fourth-order valence-electron chi connectivity index (χ4n) is 3.49. The molecule has 1 aliphatic carbocycles. The van der Waals surface area contributed by atoms with Crippen LogP contribution >= 0.6 is 11.6 Å². The van der Waals surface area contributed by atoms with Crippen LogP contribution in [0.2, 0.25) is 5.02 Å². The van der Waals surface area contributed by atoms with Gasteiger partial charge in [0.25, 0.3) is 0 Å². The van der Waals surface area contributed by atoms with Gasteiger partial charge in [0.05, 0.1) is 22.4 Å². The Morgan fingerprint density at radius 3 is 2.88 bits per heavy atom. The maximum absolute atomic E-state index is 13.5. The molecular weight excluding hydrogens is 341 g/mol. The molecule has 0 bridgehead atoms. The van der Waals surface area contributed by atoms with Crippen LogP contribution in [0.4, 0.5) is 4.39 Å². The second-order valence-electron chi connectivity index (χ2n) is 6.63. The zero-order valence-corrected chi connectivity index (χ0v) is 14.3. The molecule has 0 amide bonds. The van der Waals surface area contributed by atoms with Crippen LogP contribution in [0.1, 0.15) is 30.3 Å². The lowest BCUT2D eigenvalue weighted by atomic mass is 9.83. The SMILES string of the molecule is Cc1ccc2nc(C3CC(F)C3)n(-c3cc(Cl)c4[nH]ncc4c3)c2n1. The molecule has 3 aromatic heterocycles. The highest BCUT2D eigenvalue weighted by atomic mass is 35.5. The van der Waals surface area contributed by atoms with Gasteiger partial charge in [0.1, 0.15) is 17.5 Å². The Kier molecular flexibility index (Phi) is 3.12. The molecule has 25 heavy (non-hydrogen) atoms. The number of benzene rings is 1. The van der Waals surface area contributed by atoms with Crippen LogP contribution < -0.4 is 0 Å². The van der Waals surface area contributed by atoms with E-state index in [1.54, 1.807) is 6.20 Å². The summed E-state index contributed by atoms with van der Waals surface area (Å²) in [5, 5.41) is 8.46. The predicted octanol–water partition coefficient (Wildman–Crippen LogP) is 4.47. The maximum atomic E-state index is 13.5. The number of alkyl halides is 1. The summed E-state index contributed by atoms with van der Waals surface area (Å²) >= 11 is 6.42. The fourth-order valence-corrected chi connectivity index (χ4v) is 3.75. The minimum atomic E-state index is -0.743. The second-order valence-corrected chi connectivity index (χ2v) is 7.04. The van der Waals surface area contributed by atoms with Crippen LogP contribution in [0.3, 0.4) is 0 Å². The molecule has 126 valence electrons. The number of nitrogens with one attached hydrogen (secondary N) is 1. The van der Waals surface area contributed by atoms with E-state index in [4.69, 9.17) is 16.6 Å². The van der Waals surface area contributed by atoms with Crippen molar-refractivity contribution in [3.63, 3.8) is 0 Å². The van der Waals surface area contributed by atoms with Gasteiger partial charge in [0, 0.05) is 17.0 Å². The fraction of sp³-hybridized carbons (Fsp3) is 0.278. The molecule has 4 aromatic rings. The third-order valence-corrected chi connectivity index (χ3v) is 5.16. The Hall–Kier alpha value is -2.47. The van der Waals surface area contributed by atoms with Gasteiger partial charge in [0.2, 0.25) is 0 Å². The van der Waals surface area contributed by atoms with E-state index in [0.29, 0.717) is 17.9 Å². The van der Waals surface area contributed by atoms with Crippen molar-refractivity contribution >= 4 is 33.7 Å². The number of fused-ring (bicyclic) bond motifs is 2.